The van der Waals surface area contributed by atoms with Gasteiger partial charge in [0.2, 0.25) is 0 Å². The third-order valence-electron chi connectivity index (χ3n) is 3.48. The molecule has 0 spiro atoms. The van der Waals surface area contributed by atoms with E-state index in [4.69, 9.17) is 4.74 Å². The molecule has 0 unspecified atom stereocenters. The maximum Gasteiger partial charge on any atom is 0.340 e. The van der Waals surface area contributed by atoms with Gasteiger partial charge in [-0.15, -0.1) is 0 Å². The van der Waals surface area contributed by atoms with Crippen molar-refractivity contribution in [2.75, 3.05) is 11.9 Å². The summed E-state index contributed by atoms with van der Waals surface area (Å²) in [6.45, 7) is 2.18. The first-order valence-electron chi connectivity index (χ1n) is 6.91. The second-order valence-electron chi connectivity index (χ2n) is 4.92. The summed E-state index contributed by atoms with van der Waals surface area (Å²) in [5, 5.41) is 12.9. The number of benzene rings is 1. The molecule has 4 heteroatoms. The molecule has 0 aliphatic heterocycles. The first kappa shape index (κ1) is 13.9. The Morgan fingerprint density at radius 3 is 2.68 bits per heavy atom. The highest BCUT2D eigenvalue weighted by Gasteiger charge is 2.21. The summed E-state index contributed by atoms with van der Waals surface area (Å²) in [5.41, 5.74) is 1.40. The van der Waals surface area contributed by atoms with E-state index < -0.39 is 0 Å². The number of hydrogen-bond acceptors (Lipinski definition) is 4. The number of hydrogen-bond donors (Lipinski definition) is 2. The molecular formula is C15H21NO3. The van der Waals surface area contributed by atoms with E-state index in [1.54, 1.807) is 13.0 Å². The van der Waals surface area contributed by atoms with E-state index in [-0.39, 0.29) is 12.1 Å². The molecule has 0 heterocycles. The number of aliphatic hydroxyl groups excluding tert-OH is 1. The van der Waals surface area contributed by atoms with Crippen molar-refractivity contribution >= 4 is 11.7 Å². The van der Waals surface area contributed by atoms with Gasteiger partial charge in [0.05, 0.1) is 18.3 Å². The number of carbonyl (C=O) groups excluding carboxylic acids is 1. The number of anilines is 1. The van der Waals surface area contributed by atoms with Gasteiger partial charge in [-0.3, -0.25) is 0 Å². The van der Waals surface area contributed by atoms with Crippen molar-refractivity contribution < 1.29 is 14.6 Å². The van der Waals surface area contributed by atoms with Crippen LogP contribution >= 0.6 is 0 Å². The van der Waals surface area contributed by atoms with Crippen LogP contribution in [0.25, 0.3) is 0 Å². The second-order valence-corrected chi connectivity index (χ2v) is 4.92. The molecule has 0 radical (unpaired) electrons. The van der Waals surface area contributed by atoms with Gasteiger partial charge in [0.25, 0.3) is 0 Å². The van der Waals surface area contributed by atoms with E-state index in [0.29, 0.717) is 18.2 Å². The van der Waals surface area contributed by atoms with Gasteiger partial charge < -0.3 is 15.2 Å². The van der Waals surface area contributed by atoms with Gasteiger partial charge in [-0.05, 0) is 44.7 Å². The summed E-state index contributed by atoms with van der Waals surface area (Å²) < 4.78 is 5.06. The summed E-state index contributed by atoms with van der Waals surface area (Å²) in [4.78, 5) is 11.9. The average Bonchev–Trinajstić information content (AvgIpc) is 2.42. The van der Waals surface area contributed by atoms with Gasteiger partial charge in [-0.25, -0.2) is 4.79 Å². The quantitative estimate of drug-likeness (QED) is 0.820. The number of rotatable bonds is 4. The molecule has 1 aromatic carbocycles. The van der Waals surface area contributed by atoms with Gasteiger partial charge in [0.15, 0.2) is 0 Å². The molecule has 0 bridgehead atoms. The van der Waals surface area contributed by atoms with Crippen LogP contribution in [-0.2, 0) is 4.74 Å². The third-order valence-corrected chi connectivity index (χ3v) is 3.48. The van der Waals surface area contributed by atoms with E-state index in [9.17, 15) is 9.90 Å². The van der Waals surface area contributed by atoms with Crippen LogP contribution in [0, 0.1) is 0 Å². The predicted octanol–water partition coefficient (Wildman–Crippen LogP) is 2.58. The van der Waals surface area contributed by atoms with Crippen molar-refractivity contribution in [3.63, 3.8) is 0 Å². The largest absolute Gasteiger partial charge is 0.462 e. The van der Waals surface area contributed by atoms with Crippen LogP contribution in [0.5, 0.6) is 0 Å². The fourth-order valence-electron chi connectivity index (χ4n) is 2.44. The summed E-state index contributed by atoms with van der Waals surface area (Å²) in [6, 6.07) is 7.74. The molecule has 1 aliphatic rings. The van der Waals surface area contributed by atoms with Crippen molar-refractivity contribution in [3.05, 3.63) is 29.8 Å². The van der Waals surface area contributed by atoms with Gasteiger partial charge in [0, 0.05) is 11.7 Å². The van der Waals surface area contributed by atoms with Gasteiger partial charge in [0.1, 0.15) is 0 Å². The Kier molecular flexibility index (Phi) is 4.80. The fraction of sp³-hybridized carbons (Fsp3) is 0.533. The standard InChI is InChI=1S/C15H21NO3/c1-2-19-15(18)13-5-3-4-6-14(13)16-11-7-9-12(17)10-8-11/h3-6,11-12,16-17H,2,7-10H2,1H3. The number of esters is 1. The summed E-state index contributed by atoms with van der Waals surface area (Å²) >= 11 is 0. The van der Waals surface area contributed by atoms with Gasteiger partial charge >= 0.3 is 5.97 Å². The van der Waals surface area contributed by atoms with E-state index >= 15 is 0 Å². The lowest BCUT2D eigenvalue weighted by Gasteiger charge is -2.27. The normalized spacial score (nSPS) is 22.8. The molecule has 19 heavy (non-hydrogen) atoms. The highest BCUT2D eigenvalue weighted by molar-refractivity contribution is 5.95. The molecule has 4 nitrogen and oxygen atoms in total. The molecule has 0 atom stereocenters. The molecule has 0 aromatic heterocycles. The maximum absolute atomic E-state index is 11.9. The van der Waals surface area contributed by atoms with Crippen molar-refractivity contribution in [1.82, 2.24) is 0 Å². The zero-order chi connectivity index (χ0) is 13.7. The zero-order valence-electron chi connectivity index (χ0n) is 11.3. The second kappa shape index (κ2) is 6.57. The van der Waals surface area contributed by atoms with Gasteiger partial charge in [-0.2, -0.15) is 0 Å². The minimum absolute atomic E-state index is 0.168. The van der Waals surface area contributed by atoms with Crippen LogP contribution in [-0.4, -0.2) is 29.8 Å². The topological polar surface area (TPSA) is 58.6 Å². The Labute approximate surface area is 113 Å². The summed E-state index contributed by atoms with van der Waals surface area (Å²) in [5.74, 6) is -0.290. The summed E-state index contributed by atoms with van der Waals surface area (Å²) in [6.07, 6.45) is 3.33. The Morgan fingerprint density at radius 2 is 2.00 bits per heavy atom. The predicted molar refractivity (Wildman–Crippen MR) is 74.3 cm³/mol. The van der Waals surface area contributed by atoms with Crippen molar-refractivity contribution in [1.29, 1.82) is 0 Å². The fourth-order valence-corrected chi connectivity index (χ4v) is 2.44. The van der Waals surface area contributed by atoms with Crippen molar-refractivity contribution in [2.24, 2.45) is 0 Å². The molecule has 1 aromatic rings. The molecule has 104 valence electrons. The number of carbonyl (C=O) groups is 1. The molecular weight excluding hydrogens is 242 g/mol. The van der Waals surface area contributed by atoms with Crippen LogP contribution in [0.1, 0.15) is 43.0 Å². The smallest absolute Gasteiger partial charge is 0.340 e. The van der Waals surface area contributed by atoms with E-state index in [1.807, 2.05) is 18.2 Å². The van der Waals surface area contributed by atoms with E-state index in [0.717, 1.165) is 31.4 Å². The van der Waals surface area contributed by atoms with Crippen LogP contribution in [0.4, 0.5) is 5.69 Å². The van der Waals surface area contributed by atoms with Crippen LogP contribution in [0.2, 0.25) is 0 Å². The number of ether oxygens (including phenoxy) is 1. The number of para-hydroxylation sites is 1. The van der Waals surface area contributed by atoms with Crippen molar-refractivity contribution in [2.45, 2.75) is 44.8 Å². The minimum Gasteiger partial charge on any atom is -0.462 e. The molecule has 1 aliphatic carbocycles. The Morgan fingerprint density at radius 1 is 1.32 bits per heavy atom. The highest BCUT2D eigenvalue weighted by Crippen LogP contribution is 2.24. The molecule has 1 saturated carbocycles. The number of nitrogens with one attached hydrogen (secondary N) is 1. The Bertz CT molecular complexity index is 425. The SMILES string of the molecule is CCOC(=O)c1ccccc1NC1CCC(O)CC1. The average molecular weight is 263 g/mol. The zero-order valence-corrected chi connectivity index (χ0v) is 11.3. The van der Waals surface area contributed by atoms with Crippen LogP contribution < -0.4 is 5.32 Å². The summed E-state index contributed by atoms with van der Waals surface area (Å²) in [7, 11) is 0. The monoisotopic (exact) mass is 263 g/mol. The minimum atomic E-state index is -0.290. The molecule has 0 amide bonds. The maximum atomic E-state index is 11.9. The molecule has 1 fully saturated rings. The highest BCUT2D eigenvalue weighted by atomic mass is 16.5. The number of aliphatic hydroxyl groups is 1. The lowest BCUT2D eigenvalue weighted by atomic mass is 9.93. The van der Waals surface area contributed by atoms with E-state index in [2.05, 4.69) is 5.32 Å². The molecule has 2 N–H and O–H groups in total. The molecule has 2 rings (SSSR count). The Hall–Kier alpha value is -1.55. The van der Waals surface area contributed by atoms with Crippen LogP contribution in [0.3, 0.4) is 0 Å². The molecule has 0 saturated heterocycles. The van der Waals surface area contributed by atoms with Crippen LogP contribution in [0.15, 0.2) is 24.3 Å². The lowest BCUT2D eigenvalue weighted by Crippen LogP contribution is -2.28. The lowest BCUT2D eigenvalue weighted by molar-refractivity contribution is 0.0527. The Balaban J connectivity index is 2.05. The first-order chi connectivity index (χ1) is 9.20. The van der Waals surface area contributed by atoms with Crippen molar-refractivity contribution in [3.8, 4) is 0 Å². The van der Waals surface area contributed by atoms with E-state index in [1.165, 1.54) is 0 Å². The third kappa shape index (κ3) is 3.70. The first-order valence-corrected chi connectivity index (χ1v) is 6.91. The van der Waals surface area contributed by atoms with Gasteiger partial charge in [-0.1, -0.05) is 12.1 Å².